The van der Waals surface area contributed by atoms with Crippen LogP contribution in [0.15, 0.2) is 30.5 Å². The number of nitrogens with one attached hydrogen (secondary N) is 1. The number of imidazole rings is 1. The number of benzene rings is 1. The van der Waals surface area contributed by atoms with E-state index in [4.69, 9.17) is 14.0 Å². The number of hydrogen-bond donors (Lipinski definition) is 2. The molecule has 0 bridgehead atoms. The lowest BCUT2D eigenvalue weighted by Crippen LogP contribution is -2.39. The van der Waals surface area contributed by atoms with E-state index in [0.717, 1.165) is 56.6 Å². The second-order valence-corrected chi connectivity index (χ2v) is 16.7. The third-order valence-electron chi connectivity index (χ3n) is 9.58. The number of pyridine rings is 1. The van der Waals surface area contributed by atoms with Gasteiger partial charge in [-0.2, -0.15) is 0 Å². The van der Waals surface area contributed by atoms with E-state index in [2.05, 4.69) is 30.1 Å². The van der Waals surface area contributed by atoms with Gasteiger partial charge in [-0.3, -0.25) is 14.4 Å². The van der Waals surface area contributed by atoms with Crippen LogP contribution in [0.5, 0.6) is 0 Å². The lowest BCUT2D eigenvalue weighted by Gasteiger charge is -2.30. The number of hydrogen-bond acceptors (Lipinski definition) is 11. The van der Waals surface area contributed by atoms with Gasteiger partial charge in [-0.15, -0.1) is 0 Å². The molecule has 51 heavy (non-hydrogen) atoms. The molecular weight excluding hydrogens is 677 g/mol. The van der Waals surface area contributed by atoms with E-state index in [1.165, 1.54) is 6.07 Å². The molecule has 15 heteroatoms. The topological polar surface area (TPSA) is 131 Å². The number of aliphatic hydroxyl groups is 1. The van der Waals surface area contributed by atoms with Crippen LogP contribution in [0.25, 0.3) is 22.3 Å². The molecule has 4 aromatic rings. The van der Waals surface area contributed by atoms with Gasteiger partial charge in [-0.05, 0) is 78.1 Å². The van der Waals surface area contributed by atoms with Crippen LogP contribution in [0, 0.1) is 18.6 Å². The fourth-order valence-electron chi connectivity index (χ4n) is 7.24. The number of halogens is 2. The summed E-state index contributed by atoms with van der Waals surface area (Å²) in [5.41, 5.74) is 1.91. The standard InChI is InChI=1S/C36H49F2N8O4P/c1-7-49-51(48,50-8-2)18-13-36(47)12-15-45(23-36)17-16-44-14-11-29-25(22-44)9-10-31(41-29)42-34-39-21-28(38)32(43-34)26-19-27(37)33-30(20-26)46(24(3)40-33)35(4,5)6/h9-10,19-21,47H,7-8,11-18,22-23H2,1-6H3,(H,39,41,42,43). The van der Waals surface area contributed by atoms with Crippen molar-refractivity contribution in [3.8, 4) is 11.3 Å². The van der Waals surface area contributed by atoms with Gasteiger partial charge in [0, 0.05) is 62.5 Å². The number of aryl methyl sites for hydroxylation is 1. The Hall–Kier alpha value is -3.39. The Morgan fingerprint density at radius 1 is 1.02 bits per heavy atom. The first-order chi connectivity index (χ1) is 24.2. The summed E-state index contributed by atoms with van der Waals surface area (Å²) in [4.78, 5) is 22.4. The molecule has 2 N–H and O–H groups in total. The number of aromatic nitrogens is 5. The zero-order chi connectivity index (χ0) is 36.6. The summed E-state index contributed by atoms with van der Waals surface area (Å²) >= 11 is 0. The van der Waals surface area contributed by atoms with Gasteiger partial charge in [-0.25, -0.2) is 28.7 Å². The number of anilines is 2. The zero-order valence-electron chi connectivity index (χ0n) is 30.4. The number of β-amino-alcohol motifs (C(OH)–C–C–N with tert-alkyl or cyclic N) is 1. The number of rotatable bonds is 13. The van der Waals surface area contributed by atoms with Crippen molar-refractivity contribution >= 4 is 30.4 Å². The maximum Gasteiger partial charge on any atom is 0.330 e. The Balaban J connectivity index is 1.07. The van der Waals surface area contributed by atoms with Crippen molar-refractivity contribution in [2.75, 3.05) is 57.4 Å². The second-order valence-electron chi connectivity index (χ2n) is 14.5. The summed E-state index contributed by atoms with van der Waals surface area (Å²) in [5.74, 6) is 0.155. The lowest BCUT2D eigenvalue weighted by molar-refractivity contribution is 0.0428. The van der Waals surface area contributed by atoms with Crippen LogP contribution in [-0.2, 0) is 32.1 Å². The fraction of sp³-hybridized carbons (Fsp3) is 0.556. The molecule has 0 saturated carbocycles. The first-order valence-electron chi connectivity index (χ1n) is 17.7. The van der Waals surface area contributed by atoms with Crippen molar-refractivity contribution in [2.24, 2.45) is 0 Å². The smallest absolute Gasteiger partial charge is 0.330 e. The molecule has 1 fully saturated rings. The maximum atomic E-state index is 15.2. The highest BCUT2D eigenvalue weighted by molar-refractivity contribution is 7.53. The molecule has 1 aromatic carbocycles. The van der Waals surface area contributed by atoms with E-state index in [9.17, 15) is 9.67 Å². The third-order valence-corrected chi connectivity index (χ3v) is 11.7. The summed E-state index contributed by atoms with van der Waals surface area (Å²) in [6.45, 7) is 16.6. The van der Waals surface area contributed by atoms with E-state index in [0.29, 0.717) is 55.3 Å². The predicted octanol–water partition coefficient (Wildman–Crippen LogP) is 6.42. The summed E-state index contributed by atoms with van der Waals surface area (Å²) in [6.07, 6.45) is 3.05. The third kappa shape index (κ3) is 8.48. The van der Waals surface area contributed by atoms with Gasteiger partial charge >= 0.3 is 7.60 Å². The van der Waals surface area contributed by atoms with E-state index < -0.39 is 24.8 Å². The Morgan fingerprint density at radius 3 is 2.49 bits per heavy atom. The molecular formula is C36H49F2N8O4P. The quantitative estimate of drug-likeness (QED) is 0.148. The molecule has 1 unspecified atom stereocenters. The van der Waals surface area contributed by atoms with E-state index in [1.54, 1.807) is 19.9 Å². The zero-order valence-corrected chi connectivity index (χ0v) is 31.3. The monoisotopic (exact) mass is 726 g/mol. The van der Waals surface area contributed by atoms with Crippen LogP contribution >= 0.6 is 7.60 Å². The Kier molecular flexibility index (Phi) is 10.9. The van der Waals surface area contributed by atoms with Crippen molar-refractivity contribution in [3.63, 3.8) is 0 Å². The minimum atomic E-state index is -3.19. The SMILES string of the molecule is CCOP(=O)(CCC1(O)CCN(CCN2CCc3nc(Nc4ncc(F)c(-c5cc(F)c6nc(C)n(C(C)(C)C)c6c5)n4)ccc3C2)C1)OCC. The molecule has 2 aliphatic heterocycles. The molecule has 5 heterocycles. The van der Waals surface area contributed by atoms with Gasteiger partial charge in [0.05, 0.1) is 36.7 Å². The molecule has 12 nitrogen and oxygen atoms in total. The summed E-state index contributed by atoms with van der Waals surface area (Å²) in [6, 6.07) is 6.87. The minimum Gasteiger partial charge on any atom is -0.388 e. The highest BCUT2D eigenvalue weighted by Crippen LogP contribution is 2.50. The average molecular weight is 727 g/mol. The number of nitrogens with zero attached hydrogens (tertiary/aromatic N) is 7. The largest absolute Gasteiger partial charge is 0.388 e. The van der Waals surface area contributed by atoms with Crippen LogP contribution in [-0.4, -0.2) is 97.1 Å². The molecule has 3 aromatic heterocycles. The summed E-state index contributed by atoms with van der Waals surface area (Å²) in [7, 11) is -3.19. The second kappa shape index (κ2) is 14.9. The van der Waals surface area contributed by atoms with Gasteiger partial charge in [-0.1, -0.05) is 6.07 Å². The van der Waals surface area contributed by atoms with Crippen molar-refractivity contribution in [2.45, 2.75) is 78.5 Å². The average Bonchev–Trinajstić information content (AvgIpc) is 3.63. The minimum absolute atomic E-state index is 0.0197. The molecule has 0 amide bonds. The predicted molar refractivity (Wildman–Crippen MR) is 193 cm³/mol. The van der Waals surface area contributed by atoms with Crippen molar-refractivity contribution in [3.05, 3.63) is 59.2 Å². The molecule has 6 rings (SSSR count). The summed E-state index contributed by atoms with van der Waals surface area (Å²) in [5, 5.41) is 14.3. The first kappa shape index (κ1) is 37.4. The van der Waals surface area contributed by atoms with E-state index >= 15 is 8.78 Å². The summed E-state index contributed by atoms with van der Waals surface area (Å²) < 4.78 is 56.0. The molecule has 0 spiro atoms. The molecule has 0 radical (unpaired) electrons. The molecule has 1 saturated heterocycles. The van der Waals surface area contributed by atoms with Crippen LogP contribution in [0.1, 0.15) is 64.5 Å². The van der Waals surface area contributed by atoms with Crippen LogP contribution in [0.3, 0.4) is 0 Å². The van der Waals surface area contributed by atoms with Crippen LogP contribution in [0.2, 0.25) is 0 Å². The Morgan fingerprint density at radius 2 is 1.76 bits per heavy atom. The normalized spacial score (nSPS) is 18.8. The molecule has 1 atom stereocenters. The molecule has 2 aliphatic rings. The van der Waals surface area contributed by atoms with Crippen molar-refractivity contribution in [1.82, 2.24) is 34.3 Å². The van der Waals surface area contributed by atoms with Crippen LogP contribution < -0.4 is 5.32 Å². The molecule has 0 aliphatic carbocycles. The van der Waals surface area contributed by atoms with Crippen LogP contribution in [0.4, 0.5) is 20.5 Å². The highest BCUT2D eigenvalue weighted by Gasteiger charge is 2.38. The van der Waals surface area contributed by atoms with E-state index in [-0.39, 0.29) is 28.9 Å². The van der Waals surface area contributed by atoms with Crippen molar-refractivity contribution in [1.29, 1.82) is 0 Å². The molecule has 276 valence electrons. The fourth-order valence-corrected chi connectivity index (χ4v) is 9.05. The van der Waals surface area contributed by atoms with Gasteiger partial charge in [0.25, 0.3) is 0 Å². The van der Waals surface area contributed by atoms with Gasteiger partial charge < -0.3 is 24.0 Å². The van der Waals surface area contributed by atoms with Crippen molar-refractivity contribution < 1.29 is 27.5 Å². The van der Waals surface area contributed by atoms with Gasteiger partial charge in [0.1, 0.15) is 22.9 Å². The Bertz CT molecular complexity index is 1930. The highest BCUT2D eigenvalue weighted by atomic mass is 31.2. The lowest BCUT2D eigenvalue weighted by atomic mass is 10.0. The first-order valence-corrected chi connectivity index (χ1v) is 19.4. The van der Waals surface area contributed by atoms with E-state index in [1.807, 2.05) is 44.4 Å². The van der Waals surface area contributed by atoms with Gasteiger partial charge in [0.2, 0.25) is 5.95 Å². The Labute approximate surface area is 298 Å². The maximum absolute atomic E-state index is 15.2. The van der Waals surface area contributed by atoms with Gasteiger partial charge in [0.15, 0.2) is 11.6 Å². The number of likely N-dealkylation sites (tertiary alicyclic amines) is 1. The number of fused-ring (bicyclic) bond motifs is 2.